The quantitative estimate of drug-likeness (QED) is 0.396. The Morgan fingerprint density at radius 1 is 1.08 bits per heavy atom. The first-order valence-corrected chi connectivity index (χ1v) is 12.8. The fraction of sp³-hybridized carbons (Fsp3) is 0.276. The van der Waals surface area contributed by atoms with Gasteiger partial charge in [-0.2, -0.15) is 5.10 Å². The number of ether oxygens (including phenoxy) is 1. The number of nitrogens with one attached hydrogen (secondary N) is 1. The van der Waals surface area contributed by atoms with Crippen LogP contribution in [0.5, 0.6) is 5.75 Å². The monoisotopic (exact) mass is 512 g/mol. The Morgan fingerprint density at radius 3 is 2.71 bits per heavy atom. The number of likely N-dealkylation sites (tertiary alicyclic amines) is 1. The number of aryl methyl sites for hydroxylation is 1. The number of aromatic nitrogens is 3. The number of carbonyl (C=O) groups is 1. The maximum absolute atomic E-state index is 14.0. The van der Waals surface area contributed by atoms with Crippen LogP contribution in [0.3, 0.4) is 0 Å². The lowest BCUT2D eigenvalue weighted by atomic mass is 9.82. The van der Waals surface area contributed by atoms with Gasteiger partial charge in [0.2, 0.25) is 0 Å². The van der Waals surface area contributed by atoms with Crippen molar-refractivity contribution in [1.82, 2.24) is 25.0 Å². The van der Waals surface area contributed by atoms with Crippen molar-refractivity contribution in [2.24, 2.45) is 0 Å². The molecule has 3 N–H and O–H groups in total. The predicted octanol–water partition coefficient (Wildman–Crippen LogP) is 4.50. The van der Waals surface area contributed by atoms with Crippen LogP contribution in [0.1, 0.15) is 29.7 Å². The van der Waals surface area contributed by atoms with Crippen molar-refractivity contribution in [2.75, 3.05) is 18.8 Å². The van der Waals surface area contributed by atoms with Crippen LogP contribution in [-0.4, -0.2) is 38.8 Å². The molecule has 1 spiro atoms. The molecule has 1 saturated heterocycles. The molecule has 1 atom stereocenters. The molecule has 2 aromatic carbocycles. The number of fused-ring (bicyclic) bond motifs is 2. The molecule has 6 rings (SSSR count). The number of hydrogen-bond acceptors (Lipinski definition) is 5. The molecule has 9 heteroatoms. The van der Waals surface area contributed by atoms with Crippen LogP contribution >= 0.6 is 0 Å². The molecule has 0 bridgehead atoms. The third-order valence-corrected chi connectivity index (χ3v) is 7.57. The van der Waals surface area contributed by atoms with E-state index in [0.29, 0.717) is 30.9 Å². The number of nitrogens with zero attached hydrogens (tertiary/aromatic N) is 4. The van der Waals surface area contributed by atoms with Gasteiger partial charge in [-0.05, 0) is 36.6 Å². The molecule has 0 radical (unpaired) electrons. The van der Waals surface area contributed by atoms with Crippen molar-refractivity contribution in [2.45, 2.75) is 38.0 Å². The van der Waals surface area contributed by atoms with Gasteiger partial charge in [-0.3, -0.25) is 4.68 Å². The van der Waals surface area contributed by atoms with E-state index >= 15 is 0 Å². The summed E-state index contributed by atoms with van der Waals surface area (Å²) in [5.41, 5.74) is 10.1. The average molecular weight is 513 g/mol. The van der Waals surface area contributed by atoms with Crippen molar-refractivity contribution >= 4 is 11.8 Å². The summed E-state index contributed by atoms with van der Waals surface area (Å²) in [5.74, 6) is 0.294. The highest BCUT2D eigenvalue weighted by Crippen LogP contribution is 2.44. The molecule has 38 heavy (non-hydrogen) atoms. The van der Waals surface area contributed by atoms with Crippen LogP contribution in [-0.2, 0) is 25.1 Å². The van der Waals surface area contributed by atoms with E-state index in [0.717, 1.165) is 41.9 Å². The summed E-state index contributed by atoms with van der Waals surface area (Å²) in [4.78, 5) is 19.1. The third-order valence-electron chi connectivity index (χ3n) is 7.57. The minimum Gasteiger partial charge on any atom is -0.485 e. The smallest absolute Gasteiger partial charge is 0.317 e. The lowest BCUT2D eigenvalue weighted by molar-refractivity contribution is 0.205. The number of nitrogens with two attached hydrogens (primary N) is 1. The summed E-state index contributed by atoms with van der Waals surface area (Å²) in [7, 11) is 0. The molecule has 0 saturated carbocycles. The number of nitrogen functional groups attached to an aromatic ring is 1. The van der Waals surface area contributed by atoms with Gasteiger partial charge >= 0.3 is 6.03 Å². The van der Waals surface area contributed by atoms with Gasteiger partial charge in [-0.25, -0.2) is 14.2 Å². The topological polar surface area (TPSA) is 98.3 Å². The summed E-state index contributed by atoms with van der Waals surface area (Å²) >= 11 is 0. The largest absolute Gasteiger partial charge is 0.485 e. The van der Waals surface area contributed by atoms with E-state index in [2.05, 4.69) is 16.4 Å². The highest BCUT2D eigenvalue weighted by Gasteiger charge is 2.46. The third kappa shape index (κ3) is 4.55. The second-order valence-electron chi connectivity index (χ2n) is 9.97. The molecular formula is C29H29FN6O2. The van der Waals surface area contributed by atoms with Crippen molar-refractivity contribution in [3.8, 4) is 17.0 Å². The number of urea groups is 1. The standard InChI is InChI=1S/C29H29FN6O2/c30-23-9-5-4-8-21(23)18-38-25-14-22(17-32-27(25)31)24-15-26-29(11-13-36(26)34-24)10-12-35(19-29)28(37)33-16-20-6-2-1-3-7-20/h1-9,14-15,17H,10-13,16,18-19H2,(H2,31,32)(H,33,37)/t29-/m1/s1. The molecule has 0 unspecified atom stereocenters. The van der Waals surface area contributed by atoms with E-state index in [-0.39, 0.29) is 29.7 Å². The molecule has 194 valence electrons. The van der Waals surface area contributed by atoms with Crippen LogP contribution in [0.4, 0.5) is 15.0 Å². The normalized spacial score (nSPS) is 18.1. The van der Waals surface area contributed by atoms with Gasteiger partial charge in [0, 0.05) is 54.6 Å². The van der Waals surface area contributed by atoms with E-state index in [1.165, 1.54) is 6.07 Å². The van der Waals surface area contributed by atoms with Crippen LogP contribution in [0.2, 0.25) is 0 Å². The minimum atomic E-state index is -0.328. The van der Waals surface area contributed by atoms with Crippen LogP contribution in [0, 0.1) is 5.82 Å². The van der Waals surface area contributed by atoms with Crippen molar-refractivity contribution in [3.05, 3.63) is 95.6 Å². The number of rotatable bonds is 6. The van der Waals surface area contributed by atoms with Gasteiger partial charge < -0.3 is 20.7 Å². The highest BCUT2D eigenvalue weighted by molar-refractivity contribution is 5.75. The average Bonchev–Trinajstić information content (AvgIpc) is 3.65. The van der Waals surface area contributed by atoms with Gasteiger partial charge in [-0.15, -0.1) is 0 Å². The Bertz CT molecular complexity index is 1470. The first-order valence-electron chi connectivity index (χ1n) is 12.8. The van der Waals surface area contributed by atoms with E-state index in [4.69, 9.17) is 15.6 Å². The number of hydrogen-bond donors (Lipinski definition) is 2. The number of anilines is 1. The summed E-state index contributed by atoms with van der Waals surface area (Å²) < 4.78 is 21.9. The molecule has 4 heterocycles. The van der Waals surface area contributed by atoms with Gasteiger partial charge in [0.05, 0.1) is 5.69 Å². The Labute approximate surface area is 220 Å². The van der Waals surface area contributed by atoms with Crippen molar-refractivity contribution in [3.63, 3.8) is 0 Å². The fourth-order valence-electron chi connectivity index (χ4n) is 5.43. The van der Waals surface area contributed by atoms with Crippen LogP contribution in [0.15, 0.2) is 72.9 Å². The summed E-state index contributed by atoms with van der Waals surface area (Å²) in [6, 6.07) is 20.2. The van der Waals surface area contributed by atoms with Gasteiger partial charge in [0.1, 0.15) is 12.4 Å². The maximum atomic E-state index is 14.0. The lowest BCUT2D eigenvalue weighted by Crippen LogP contribution is -2.40. The van der Waals surface area contributed by atoms with E-state index < -0.39 is 0 Å². The van der Waals surface area contributed by atoms with Gasteiger partial charge in [-0.1, -0.05) is 48.5 Å². The first kappa shape index (κ1) is 24.0. The molecule has 1 fully saturated rings. The molecule has 2 aromatic heterocycles. The van der Waals surface area contributed by atoms with Gasteiger partial charge in [0.15, 0.2) is 11.6 Å². The van der Waals surface area contributed by atoms with E-state index in [1.807, 2.05) is 39.9 Å². The highest BCUT2D eigenvalue weighted by atomic mass is 19.1. The summed E-state index contributed by atoms with van der Waals surface area (Å²) in [6.07, 6.45) is 3.52. The summed E-state index contributed by atoms with van der Waals surface area (Å²) in [5, 5.41) is 7.88. The van der Waals surface area contributed by atoms with Gasteiger partial charge in [0.25, 0.3) is 0 Å². The molecule has 2 aliphatic rings. The molecule has 2 aliphatic heterocycles. The first-order chi connectivity index (χ1) is 18.5. The molecule has 0 aliphatic carbocycles. The van der Waals surface area contributed by atoms with Crippen molar-refractivity contribution < 1.29 is 13.9 Å². The number of pyridine rings is 1. The molecule has 8 nitrogen and oxygen atoms in total. The van der Waals surface area contributed by atoms with E-state index in [9.17, 15) is 9.18 Å². The predicted molar refractivity (Wildman–Crippen MR) is 142 cm³/mol. The Hall–Kier alpha value is -4.40. The zero-order valence-corrected chi connectivity index (χ0v) is 20.9. The maximum Gasteiger partial charge on any atom is 0.317 e. The van der Waals surface area contributed by atoms with E-state index in [1.54, 1.807) is 30.5 Å². The Balaban J connectivity index is 1.16. The Morgan fingerprint density at radius 2 is 1.87 bits per heavy atom. The number of halogens is 1. The SMILES string of the molecule is Nc1ncc(-c2cc3n(n2)CC[C@@]32CCN(C(=O)NCc3ccccc3)C2)cc1OCc1ccccc1F. The van der Waals surface area contributed by atoms with Crippen molar-refractivity contribution in [1.29, 1.82) is 0 Å². The fourth-order valence-corrected chi connectivity index (χ4v) is 5.43. The Kier molecular flexibility index (Phi) is 6.19. The molecular weight excluding hydrogens is 483 g/mol. The molecule has 4 aromatic rings. The number of carbonyl (C=O) groups excluding carboxylic acids is 1. The second kappa shape index (κ2) is 9.81. The minimum absolute atomic E-state index is 0.0386. The van der Waals surface area contributed by atoms with Crippen LogP contribution < -0.4 is 15.8 Å². The number of amides is 2. The second-order valence-corrected chi connectivity index (χ2v) is 9.97. The molecule has 2 amide bonds. The number of benzene rings is 2. The zero-order valence-electron chi connectivity index (χ0n) is 20.9. The lowest BCUT2D eigenvalue weighted by Gasteiger charge is -2.23. The van der Waals surface area contributed by atoms with Crippen LogP contribution in [0.25, 0.3) is 11.3 Å². The zero-order chi connectivity index (χ0) is 26.1. The summed E-state index contributed by atoms with van der Waals surface area (Å²) in [6.45, 7) is 2.73.